The predicted octanol–water partition coefficient (Wildman–Crippen LogP) is 3.20. The Bertz CT molecular complexity index is 199. The van der Waals surface area contributed by atoms with Gasteiger partial charge in [0.1, 0.15) is 0 Å². The second-order valence-electron chi connectivity index (χ2n) is 2.94. The maximum atomic E-state index is 8.30. The van der Waals surface area contributed by atoms with Crippen molar-refractivity contribution < 1.29 is 0 Å². The van der Waals surface area contributed by atoms with Crippen LogP contribution in [0.25, 0.3) is 0 Å². The Balaban J connectivity index is 3.65. The third-order valence-electron chi connectivity index (χ3n) is 1.40. The van der Waals surface area contributed by atoms with Crippen molar-refractivity contribution in [3.63, 3.8) is 0 Å². The lowest BCUT2D eigenvalue weighted by molar-refractivity contribution is 0.968. The first-order valence-electron chi connectivity index (χ1n) is 3.85. The fraction of sp³-hybridized carbons (Fsp3) is 0.500. The summed E-state index contributed by atoms with van der Waals surface area (Å²) in [5.41, 5.74) is 2.50. The zero-order valence-electron chi connectivity index (χ0n) is 7.52. The van der Waals surface area contributed by atoms with Gasteiger partial charge in [0.15, 0.2) is 0 Å². The van der Waals surface area contributed by atoms with Gasteiger partial charge in [-0.25, -0.2) is 0 Å². The Morgan fingerprint density at radius 2 is 2.00 bits per heavy atom. The molecule has 0 fully saturated rings. The molecule has 0 bridgehead atoms. The maximum absolute atomic E-state index is 8.30. The molecular formula is C10H15N. The molecule has 0 heterocycles. The van der Waals surface area contributed by atoms with Crippen molar-refractivity contribution in [1.82, 2.24) is 0 Å². The van der Waals surface area contributed by atoms with Crippen LogP contribution in [-0.2, 0) is 0 Å². The number of nitrogens with zero attached hydrogens (tertiary/aromatic N) is 1. The predicted molar refractivity (Wildman–Crippen MR) is 48.0 cm³/mol. The van der Waals surface area contributed by atoms with E-state index < -0.39 is 0 Å². The highest BCUT2D eigenvalue weighted by molar-refractivity contribution is 5.11. The van der Waals surface area contributed by atoms with Crippen LogP contribution in [0.4, 0.5) is 0 Å². The summed E-state index contributed by atoms with van der Waals surface area (Å²) in [6, 6.07) is 2.02. The molecule has 0 aliphatic heterocycles. The van der Waals surface area contributed by atoms with E-state index in [0.717, 1.165) is 18.4 Å². The summed E-state index contributed by atoms with van der Waals surface area (Å²) in [7, 11) is 0. The third-order valence-corrected chi connectivity index (χ3v) is 1.40. The fourth-order valence-electron chi connectivity index (χ4n) is 0.771. The van der Waals surface area contributed by atoms with E-state index in [1.807, 2.05) is 13.0 Å². The Kier molecular flexibility index (Phi) is 5.20. The van der Waals surface area contributed by atoms with Crippen LogP contribution in [0.15, 0.2) is 23.3 Å². The van der Waals surface area contributed by atoms with E-state index in [9.17, 15) is 0 Å². The van der Waals surface area contributed by atoms with Gasteiger partial charge in [0.05, 0.1) is 6.07 Å². The van der Waals surface area contributed by atoms with E-state index in [1.165, 1.54) is 5.57 Å². The molecule has 0 aliphatic carbocycles. The molecule has 0 aromatic rings. The van der Waals surface area contributed by atoms with Crippen molar-refractivity contribution in [3.05, 3.63) is 23.3 Å². The number of hydrogen-bond donors (Lipinski definition) is 0. The summed E-state index contributed by atoms with van der Waals surface area (Å²) in [5, 5.41) is 8.30. The van der Waals surface area contributed by atoms with Crippen LogP contribution in [0.3, 0.4) is 0 Å². The number of rotatable bonds is 3. The van der Waals surface area contributed by atoms with Gasteiger partial charge in [-0.3, -0.25) is 0 Å². The molecule has 0 rings (SSSR count). The summed E-state index contributed by atoms with van der Waals surface area (Å²) >= 11 is 0. The fourth-order valence-corrected chi connectivity index (χ4v) is 0.771. The smallest absolute Gasteiger partial charge is 0.0911 e. The first kappa shape index (κ1) is 9.97. The monoisotopic (exact) mass is 151 g/mol. The van der Waals surface area contributed by atoms with Crippen molar-refractivity contribution in [2.75, 3.05) is 0 Å². The largest absolute Gasteiger partial charge is 0.193 e. The topological polar surface area (TPSA) is 23.8 Å². The van der Waals surface area contributed by atoms with E-state index in [1.54, 1.807) is 6.08 Å². The van der Waals surface area contributed by atoms with Crippen molar-refractivity contribution in [3.8, 4) is 6.07 Å². The van der Waals surface area contributed by atoms with Crippen molar-refractivity contribution in [2.24, 2.45) is 0 Å². The van der Waals surface area contributed by atoms with Crippen LogP contribution in [-0.4, -0.2) is 0 Å². The highest BCUT2D eigenvalue weighted by Gasteiger charge is 1.86. The number of hydrogen-bond acceptors (Lipinski definition) is 1. The second-order valence-corrected chi connectivity index (χ2v) is 2.94. The molecule has 0 radical (unpaired) electrons. The normalized spacial score (nSPS) is 10.5. The van der Waals surface area contributed by atoms with Gasteiger partial charge in [-0.05, 0) is 33.6 Å². The molecule has 0 aliphatic rings. The minimum atomic E-state index is 0.999. The van der Waals surface area contributed by atoms with Crippen molar-refractivity contribution >= 4 is 0 Å². The minimum Gasteiger partial charge on any atom is -0.193 e. The van der Waals surface area contributed by atoms with Gasteiger partial charge >= 0.3 is 0 Å². The molecular weight excluding hydrogens is 136 g/mol. The average molecular weight is 151 g/mol. The van der Waals surface area contributed by atoms with Crippen LogP contribution in [0.2, 0.25) is 0 Å². The van der Waals surface area contributed by atoms with Crippen LogP contribution in [0, 0.1) is 11.3 Å². The molecule has 0 N–H and O–H groups in total. The zero-order chi connectivity index (χ0) is 8.69. The summed E-state index contributed by atoms with van der Waals surface area (Å²) in [6.07, 6.45) is 5.85. The SMILES string of the molecule is CC(C)=CCC/C(C)=C/[14C]#N. The Labute approximate surface area is 69.0 Å². The van der Waals surface area contributed by atoms with E-state index in [4.69, 9.17) is 5.26 Å². The van der Waals surface area contributed by atoms with E-state index in [-0.39, 0.29) is 0 Å². The molecule has 0 unspecified atom stereocenters. The zero-order valence-corrected chi connectivity index (χ0v) is 7.52. The Morgan fingerprint density at radius 1 is 1.36 bits per heavy atom. The maximum Gasteiger partial charge on any atom is 0.0911 e. The standard InChI is InChI=1S/C10H15N/c1-9(2)5-4-6-10(3)7-8-11/h5,7H,4,6H2,1-3H3/b10-7+/i8+2. The number of nitriles is 1. The molecule has 0 atom stereocenters. The van der Waals surface area contributed by atoms with Gasteiger partial charge in [0, 0.05) is 6.08 Å². The molecule has 1 heteroatoms. The van der Waals surface area contributed by atoms with E-state index in [0.29, 0.717) is 0 Å². The van der Waals surface area contributed by atoms with Gasteiger partial charge in [-0.1, -0.05) is 17.2 Å². The lowest BCUT2D eigenvalue weighted by Gasteiger charge is -1.94. The van der Waals surface area contributed by atoms with Crippen molar-refractivity contribution in [2.45, 2.75) is 33.6 Å². The van der Waals surface area contributed by atoms with Gasteiger partial charge in [-0.2, -0.15) is 5.26 Å². The van der Waals surface area contributed by atoms with E-state index >= 15 is 0 Å². The van der Waals surface area contributed by atoms with Crippen molar-refractivity contribution in [1.29, 1.82) is 5.26 Å². The lowest BCUT2D eigenvalue weighted by atomic mass is 10.1. The molecule has 0 aromatic carbocycles. The Hall–Kier alpha value is -1.03. The molecule has 11 heavy (non-hydrogen) atoms. The first-order chi connectivity index (χ1) is 5.16. The van der Waals surface area contributed by atoms with Gasteiger partial charge in [0.2, 0.25) is 0 Å². The van der Waals surface area contributed by atoms with Crippen LogP contribution < -0.4 is 0 Å². The molecule has 0 spiro atoms. The molecule has 0 amide bonds. The Morgan fingerprint density at radius 3 is 2.45 bits per heavy atom. The van der Waals surface area contributed by atoms with E-state index in [2.05, 4.69) is 19.9 Å². The van der Waals surface area contributed by atoms with Crippen LogP contribution in [0.1, 0.15) is 33.6 Å². The van der Waals surface area contributed by atoms with Gasteiger partial charge in [-0.15, -0.1) is 0 Å². The first-order valence-corrected chi connectivity index (χ1v) is 3.85. The summed E-state index contributed by atoms with van der Waals surface area (Å²) in [6.45, 7) is 6.16. The molecule has 1 nitrogen and oxygen atoms in total. The lowest BCUT2D eigenvalue weighted by Crippen LogP contribution is -1.75. The molecule has 60 valence electrons. The highest BCUT2D eigenvalue weighted by atomic mass is 14.8. The van der Waals surface area contributed by atoms with Crippen LogP contribution >= 0.6 is 0 Å². The highest BCUT2D eigenvalue weighted by Crippen LogP contribution is 2.05. The molecule has 0 saturated heterocycles. The number of allylic oxidation sites excluding steroid dienone is 4. The minimum absolute atomic E-state index is 0.999. The quantitative estimate of drug-likeness (QED) is 0.449. The summed E-state index contributed by atoms with van der Waals surface area (Å²) in [4.78, 5) is 0. The van der Waals surface area contributed by atoms with Gasteiger partial charge < -0.3 is 0 Å². The average Bonchev–Trinajstić information content (AvgIpc) is 1.87. The molecule has 0 saturated carbocycles. The summed E-state index contributed by atoms with van der Waals surface area (Å²) < 4.78 is 0. The third kappa shape index (κ3) is 6.86. The second kappa shape index (κ2) is 5.73. The molecule has 0 aromatic heterocycles. The van der Waals surface area contributed by atoms with Crippen LogP contribution in [0.5, 0.6) is 0 Å². The summed E-state index contributed by atoms with van der Waals surface area (Å²) in [5.74, 6) is 0. The van der Waals surface area contributed by atoms with Gasteiger partial charge in [0.25, 0.3) is 0 Å².